The molecule has 1 aliphatic carbocycles. The highest BCUT2D eigenvalue weighted by Crippen LogP contribution is 2.30. The second-order valence-electron chi connectivity index (χ2n) is 5.93. The van der Waals surface area contributed by atoms with Crippen LogP contribution in [-0.2, 0) is 0 Å². The van der Waals surface area contributed by atoms with E-state index in [1.165, 1.54) is 19.3 Å². The maximum atomic E-state index is 9.91. The van der Waals surface area contributed by atoms with E-state index in [-0.39, 0.29) is 6.61 Å². The smallest absolute Gasteiger partial charge is 0.119 e. The first-order chi connectivity index (χ1) is 10.2. The summed E-state index contributed by atoms with van der Waals surface area (Å²) in [5, 5.41) is 22.0. The van der Waals surface area contributed by atoms with Crippen molar-refractivity contribution in [2.24, 2.45) is 11.8 Å². The number of hydrogen-bond acceptors (Lipinski definition) is 4. The Hall–Kier alpha value is -1.57. The van der Waals surface area contributed by atoms with Crippen molar-refractivity contribution in [3.63, 3.8) is 0 Å². The van der Waals surface area contributed by atoms with Crippen LogP contribution in [0.4, 0.5) is 0 Å². The lowest BCUT2D eigenvalue weighted by atomic mass is 9.98. The summed E-state index contributed by atoms with van der Waals surface area (Å²) in [7, 11) is 0. The van der Waals surface area contributed by atoms with E-state index in [9.17, 15) is 5.11 Å². The van der Waals surface area contributed by atoms with Gasteiger partial charge in [0.2, 0.25) is 0 Å². The molecule has 0 aromatic heterocycles. The van der Waals surface area contributed by atoms with Crippen LogP contribution in [0.25, 0.3) is 0 Å². The van der Waals surface area contributed by atoms with Crippen molar-refractivity contribution in [1.29, 1.82) is 5.26 Å². The lowest BCUT2D eigenvalue weighted by molar-refractivity contribution is 0.105. The van der Waals surface area contributed by atoms with E-state index in [0.29, 0.717) is 17.9 Å². The van der Waals surface area contributed by atoms with E-state index in [1.54, 1.807) is 24.3 Å². The molecule has 3 atom stereocenters. The molecule has 114 valence electrons. The van der Waals surface area contributed by atoms with Gasteiger partial charge in [-0.3, -0.25) is 0 Å². The Balaban J connectivity index is 1.62. The summed E-state index contributed by atoms with van der Waals surface area (Å²) in [6.07, 6.45) is 3.44. The van der Waals surface area contributed by atoms with E-state index < -0.39 is 6.10 Å². The van der Waals surface area contributed by atoms with Gasteiger partial charge in [0, 0.05) is 6.54 Å². The van der Waals surface area contributed by atoms with Gasteiger partial charge in [0.1, 0.15) is 18.5 Å². The molecule has 1 aromatic carbocycles. The number of nitriles is 1. The minimum Gasteiger partial charge on any atom is -0.491 e. The van der Waals surface area contributed by atoms with Crippen molar-refractivity contribution >= 4 is 0 Å². The summed E-state index contributed by atoms with van der Waals surface area (Å²) in [6.45, 7) is 4.11. The second kappa shape index (κ2) is 8.02. The Labute approximate surface area is 126 Å². The van der Waals surface area contributed by atoms with Crippen LogP contribution < -0.4 is 10.1 Å². The lowest BCUT2D eigenvalue weighted by Crippen LogP contribution is -2.34. The first-order valence-electron chi connectivity index (χ1n) is 7.71. The third kappa shape index (κ3) is 5.04. The summed E-state index contributed by atoms with van der Waals surface area (Å²) in [5.74, 6) is 2.22. The van der Waals surface area contributed by atoms with Gasteiger partial charge in [-0.05, 0) is 49.1 Å². The molecule has 4 nitrogen and oxygen atoms in total. The highest BCUT2D eigenvalue weighted by molar-refractivity contribution is 5.34. The molecular weight excluding hydrogens is 264 g/mol. The number of aliphatic hydroxyl groups excluding tert-OH is 1. The lowest BCUT2D eigenvalue weighted by Gasteiger charge is -2.18. The van der Waals surface area contributed by atoms with E-state index >= 15 is 0 Å². The number of nitrogens with zero attached hydrogens (tertiary/aromatic N) is 1. The fourth-order valence-corrected chi connectivity index (χ4v) is 2.84. The monoisotopic (exact) mass is 288 g/mol. The van der Waals surface area contributed by atoms with Crippen LogP contribution in [0.2, 0.25) is 0 Å². The molecule has 0 radical (unpaired) electrons. The summed E-state index contributed by atoms with van der Waals surface area (Å²) >= 11 is 0. The van der Waals surface area contributed by atoms with E-state index in [2.05, 4.69) is 18.3 Å². The molecule has 1 aromatic rings. The number of rotatable bonds is 7. The Bertz CT molecular complexity index is 467. The molecule has 1 fully saturated rings. The summed E-state index contributed by atoms with van der Waals surface area (Å²) in [5.41, 5.74) is 0.607. The molecule has 2 N–H and O–H groups in total. The van der Waals surface area contributed by atoms with Crippen LogP contribution in [0.15, 0.2) is 24.3 Å². The van der Waals surface area contributed by atoms with Crippen molar-refractivity contribution in [3.05, 3.63) is 29.8 Å². The summed E-state index contributed by atoms with van der Waals surface area (Å²) < 4.78 is 5.51. The van der Waals surface area contributed by atoms with Crippen molar-refractivity contribution in [2.45, 2.75) is 32.3 Å². The standard InChI is InChI=1S/C17H24N2O2/c1-13-3-2-4-15(13)10-19-11-16(20)12-21-17-7-5-14(9-18)6-8-17/h5-8,13,15-16,19-20H,2-4,10-12H2,1H3. The minimum absolute atomic E-state index is 0.263. The van der Waals surface area contributed by atoms with E-state index in [1.807, 2.05) is 0 Å². The third-order valence-corrected chi connectivity index (χ3v) is 4.25. The zero-order valence-corrected chi connectivity index (χ0v) is 12.6. The van der Waals surface area contributed by atoms with Crippen molar-refractivity contribution in [1.82, 2.24) is 5.32 Å². The second-order valence-corrected chi connectivity index (χ2v) is 5.93. The van der Waals surface area contributed by atoms with Crippen LogP contribution in [0.1, 0.15) is 31.7 Å². The largest absolute Gasteiger partial charge is 0.491 e. The van der Waals surface area contributed by atoms with Crippen molar-refractivity contribution in [3.8, 4) is 11.8 Å². The van der Waals surface area contributed by atoms with Crippen LogP contribution in [0.5, 0.6) is 5.75 Å². The van der Waals surface area contributed by atoms with Gasteiger partial charge in [0.05, 0.1) is 11.6 Å². The van der Waals surface area contributed by atoms with E-state index in [4.69, 9.17) is 10.00 Å². The minimum atomic E-state index is -0.516. The predicted molar refractivity (Wildman–Crippen MR) is 82.0 cm³/mol. The maximum Gasteiger partial charge on any atom is 0.119 e. The number of nitrogens with one attached hydrogen (secondary N) is 1. The first kappa shape index (κ1) is 15.8. The molecule has 0 aliphatic heterocycles. The van der Waals surface area contributed by atoms with E-state index in [0.717, 1.165) is 18.4 Å². The van der Waals surface area contributed by atoms with Gasteiger partial charge in [-0.15, -0.1) is 0 Å². The average molecular weight is 288 g/mol. The molecule has 21 heavy (non-hydrogen) atoms. The number of benzene rings is 1. The maximum absolute atomic E-state index is 9.91. The normalized spacial score (nSPS) is 22.7. The molecule has 2 rings (SSSR count). The molecule has 1 aliphatic rings. The van der Waals surface area contributed by atoms with Crippen LogP contribution in [0, 0.1) is 23.2 Å². The van der Waals surface area contributed by atoms with Gasteiger partial charge in [0.25, 0.3) is 0 Å². The fourth-order valence-electron chi connectivity index (χ4n) is 2.84. The highest BCUT2D eigenvalue weighted by Gasteiger charge is 2.22. The van der Waals surface area contributed by atoms with Gasteiger partial charge < -0.3 is 15.2 Å². The Morgan fingerprint density at radius 1 is 1.38 bits per heavy atom. The van der Waals surface area contributed by atoms with Gasteiger partial charge >= 0.3 is 0 Å². The predicted octanol–water partition coefficient (Wildman–Crippen LogP) is 2.32. The molecule has 0 saturated heterocycles. The van der Waals surface area contributed by atoms with Crippen LogP contribution in [-0.4, -0.2) is 30.9 Å². The van der Waals surface area contributed by atoms with Gasteiger partial charge in [-0.25, -0.2) is 0 Å². The highest BCUT2D eigenvalue weighted by atomic mass is 16.5. The Kier molecular flexibility index (Phi) is 6.04. The number of aliphatic hydroxyl groups is 1. The molecule has 3 unspecified atom stereocenters. The Morgan fingerprint density at radius 3 is 2.76 bits per heavy atom. The van der Waals surface area contributed by atoms with Gasteiger partial charge in [-0.1, -0.05) is 19.8 Å². The molecule has 0 amide bonds. The molecule has 0 bridgehead atoms. The quantitative estimate of drug-likeness (QED) is 0.808. The zero-order chi connectivity index (χ0) is 15.1. The van der Waals surface area contributed by atoms with Crippen LogP contribution >= 0.6 is 0 Å². The van der Waals surface area contributed by atoms with Gasteiger partial charge in [0.15, 0.2) is 0 Å². The average Bonchev–Trinajstić information content (AvgIpc) is 2.91. The summed E-state index contributed by atoms with van der Waals surface area (Å²) in [4.78, 5) is 0. The number of hydrogen-bond donors (Lipinski definition) is 2. The third-order valence-electron chi connectivity index (χ3n) is 4.25. The first-order valence-corrected chi connectivity index (χ1v) is 7.71. The fraction of sp³-hybridized carbons (Fsp3) is 0.588. The topological polar surface area (TPSA) is 65.3 Å². The Morgan fingerprint density at radius 2 is 2.14 bits per heavy atom. The molecule has 0 heterocycles. The van der Waals surface area contributed by atoms with Gasteiger partial charge in [-0.2, -0.15) is 5.26 Å². The SMILES string of the molecule is CC1CCCC1CNCC(O)COc1ccc(C#N)cc1. The molecule has 0 spiro atoms. The molecule has 4 heteroatoms. The molecule has 1 saturated carbocycles. The zero-order valence-electron chi connectivity index (χ0n) is 12.6. The number of ether oxygens (including phenoxy) is 1. The summed E-state index contributed by atoms with van der Waals surface area (Å²) in [6, 6.07) is 8.98. The van der Waals surface area contributed by atoms with Crippen molar-refractivity contribution in [2.75, 3.05) is 19.7 Å². The van der Waals surface area contributed by atoms with Crippen LogP contribution in [0.3, 0.4) is 0 Å². The molecular formula is C17H24N2O2. The van der Waals surface area contributed by atoms with Crippen molar-refractivity contribution < 1.29 is 9.84 Å².